The summed E-state index contributed by atoms with van der Waals surface area (Å²) in [5.74, 6) is -0.106. The second kappa shape index (κ2) is 4.09. The van der Waals surface area contributed by atoms with Crippen molar-refractivity contribution < 1.29 is 9.90 Å². The Bertz CT molecular complexity index is 356. The predicted molar refractivity (Wildman–Crippen MR) is 58.1 cm³/mol. The van der Waals surface area contributed by atoms with Gasteiger partial charge in [-0.1, -0.05) is 19.8 Å². The van der Waals surface area contributed by atoms with E-state index in [9.17, 15) is 4.79 Å². The molecule has 15 heavy (non-hydrogen) atoms. The molecule has 1 saturated carbocycles. The highest BCUT2D eigenvalue weighted by Gasteiger charge is 2.22. The first-order valence-electron chi connectivity index (χ1n) is 5.58. The average molecular weight is 207 g/mol. The van der Waals surface area contributed by atoms with Gasteiger partial charge in [-0.15, -0.1) is 0 Å². The first-order valence-corrected chi connectivity index (χ1v) is 5.58. The van der Waals surface area contributed by atoms with Gasteiger partial charge in [0.1, 0.15) is 5.69 Å². The minimum Gasteiger partial charge on any atom is -0.477 e. The van der Waals surface area contributed by atoms with Gasteiger partial charge in [0.05, 0.1) is 0 Å². The van der Waals surface area contributed by atoms with Crippen molar-refractivity contribution in [1.29, 1.82) is 0 Å². The van der Waals surface area contributed by atoms with E-state index in [1.807, 2.05) is 16.8 Å². The molecular weight excluding hydrogens is 190 g/mol. The molecule has 0 saturated heterocycles. The van der Waals surface area contributed by atoms with Gasteiger partial charge in [0, 0.05) is 12.2 Å². The number of carboxylic acid groups (broad SMARTS) is 1. The average Bonchev–Trinajstić information content (AvgIpc) is 2.65. The summed E-state index contributed by atoms with van der Waals surface area (Å²) in [4.78, 5) is 11.0. The molecule has 1 aromatic rings. The van der Waals surface area contributed by atoms with Gasteiger partial charge in [0.15, 0.2) is 0 Å². The summed E-state index contributed by atoms with van der Waals surface area (Å²) in [6, 6.07) is 3.89. The van der Waals surface area contributed by atoms with Crippen molar-refractivity contribution in [2.75, 3.05) is 0 Å². The third kappa shape index (κ3) is 2.06. The molecule has 1 aliphatic rings. The van der Waals surface area contributed by atoms with Crippen LogP contribution >= 0.6 is 0 Å². The van der Waals surface area contributed by atoms with Gasteiger partial charge in [-0.2, -0.15) is 0 Å². The van der Waals surface area contributed by atoms with Crippen LogP contribution in [0.3, 0.4) is 0 Å². The lowest BCUT2D eigenvalue weighted by atomic mass is 9.87. The van der Waals surface area contributed by atoms with E-state index in [0.717, 1.165) is 12.8 Å². The Balaban J connectivity index is 2.21. The van der Waals surface area contributed by atoms with Crippen LogP contribution < -0.4 is 0 Å². The molecule has 1 aliphatic carbocycles. The van der Waals surface area contributed by atoms with Gasteiger partial charge in [-0.05, 0) is 30.9 Å². The summed E-state index contributed by atoms with van der Waals surface area (Å²) in [5, 5.41) is 9.03. The van der Waals surface area contributed by atoms with Crippen molar-refractivity contribution in [3.63, 3.8) is 0 Å². The van der Waals surface area contributed by atoms with E-state index in [0.29, 0.717) is 17.7 Å². The van der Waals surface area contributed by atoms with Crippen molar-refractivity contribution in [1.82, 2.24) is 4.57 Å². The maximum Gasteiger partial charge on any atom is 0.352 e. The van der Waals surface area contributed by atoms with E-state index < -0.39 is 5.97 Å². The lowest BCUT2D eigenvalue weighted by molar-refractivity contribution is 0.0679. The van der Waals surface area contributed by atoms with Gasteiger partial charge >= 0.3 is 5.97 Å². The summed E-state index contributed by atoms with van der Waals surface area (Å²) in [6.07, 6.45) is 6.60. The molecule has 82 valence electrons. The second-order valence-corrected chi connectivity index (χ2v) is 4.53. The Morgan fingerprint density at radius 1 is 1.53 bits per heavy atom. The van der Waals surface area contributed by atoms with Crippen LogP contribution in [0.2, 0.25) is 0 Å². The molecule has 0 aromatic carbocycles. The van der Waals surface area contributed by atoms with Crippen molar-refractivity contribution in [2.24, 2.45) is 5.92 Å². The van der Waals surface area contributed by atoms with Gasteiger partial charge < -0.3 is 9.67 Å². The quantitative estimate of drug-likeness (QED) is 0.810. The zero-order chi connectivity index (χ0) is 10.8. The molecular formula is C12H17NO2. The Morgan fingerprint density at radius 3 is 3.00 bits per heavy atom. The van der Waals surface area contributed by atoms with E-state index in [1.165, 1.54) is 12.8 Å². The molecule has 1 aromatic heterocycles. The van der Waals surface area contributed by atoms with Crippen LogP contribution in [0.15, 0.2) is 18.3 Å². The Hall–Kier alpha value is -1.25. The van der Waals surface area contributed by atoms with Crippen molar-refractivity contribution in [3.05, 3.63) is 24.0 Å². The van der Waals surface area contributed by atoms with Crippen LogP contribution in [0.4, 0.5) is 0 Å². The highest BCUT2D eigenvalue weighted by atomic mass is 16.4. The van der Waals surface area contributed by atoms with Crippen LogP contribution in [0.25, 0.3) is 0 Å². The second-order valence-electron chi connectivity index (χ2n) is 4.53. The SMILES string of the molecule is CC1CCCC(n2cccc2C(=O)O)C1. The van der Waals surface area contributed by atoms with E-state index in [2.05, 4.69) is 6.92 Å². The highest BCUT2D eigenvalue weighted by Crippen LogP contribution is 2.33. The number of rotatable bonds is 2. The predicted octanol–water partition coefficient (Wildman–Crippen LogP) is 2.94. The van der Waals surface area contributed by atoms with Gasteiger partial charge in [0.2, 0.25) is 0 Å². The van der Waals surface area contributed by atoms with Crippen LogP contribution in [-0.2, 0) is 0 Å². The third-order valence-electron chi connectivity index (χ3n) is 3.30. The van der Waals surface area contributed by atoms with Crippen LogP contribution in [0.5, 0.6) is 0 Å². The molecule has 3 nitrogen and oxygen atoms in total. The zero-order valence-electron chi connectivity index (χ0n) is 9.02. The summed E-state index contributed by atoms with van der Waals surface area (Å²) >= 11 is 0. The zero-order valence-corrected chi connectivity index (χ0v) is 9.02. The van der Waals surface area contributed by atoms with Crippen molar-refractivity contribution in [3.8, 4) is 0 Å². The van der Waals surface area contributed by atoms with Crippen LogP contribution in [-0.4, -0.2) is 15.6 Å². The van der Waals surface area contributed by atoms with Gasteiger partial charge in [-0.25, -0.2) is 4.79 Å². The minimum atomic E-state index is -0.821. The third-order valence-corrected chi connectivity index (χ3v) is 3.30. The fourth-order valence-electron chi connectivity index (χ4n) is 2.55. The lowest BCUT2D eigenvalue weighted by Gasteiger charge is -2.28. The lowest BCUT2D eigenvalue weighted by Crippen LogP contribution is -2.20. The topological polar surface area (TPSA) is 42.2 Å². The largest absolute Gasteiger partial charge is 0.477 e. The summed E-state index contributed by atoms with van der Waals surface area (Å²) < 4.78 is 1.93. The number of nitrogens with zero attached hydrogens (tertiary/aromatic N) is 1. The molecule has 0 amide bonds. The molecule has 3 heteroatoms. The summed E-state index contributed by atoms with van der Waals surface area (Å²) in [6.45, 7) is 2.25. The molecule has 2 unspecified atom stereocenters. The number of aromatic nitrogens is 1. The molecule has 0 spiro atoms. The van der Waals surface area contributed by atoms with Crippen molar-refractivity contribution >= 4 is 5.97 Å². The molecule has 1 heterocycles. The maximum atomic E-state index is 11.0. The van der Waals surface area contributed by atoms with E-state index in [1.54, 1.807) is 6.07 Å². The van der Waals surface area contributed by atoms with E-state index >= 15 is 0 Å². The first-order chi connectivity index (χ1) is 7.18. The smallest absolute Gasteiger partial charge is 0.352 e. The van der Waals surface area contributed by atoms with Crippen LogP contribution in [0, 0.1) is 5.92 Å². The normalized spacial score (nSPS) is 26.5. The number of carbonyl (C=O) groups is 1. The standard InChI is InChI=1S/C12H17NO2/c1-9-4-2-5-10(8-9)13-7-3-6-11(13)12(14)15/h3,6-7,9-10H,2,4-5,8H2,1H3,(H,14,15). The molecule has 0 radical (unpaired) electrons. The van der Waals surface area contributed by atoms with Gasteiger partial charge in [-0.3, -0.25) is 0 Å². The Morgan fingerprint density at radius 2 is 2.33 bits per heavy atom. The molecule has 1 fully saturated rings. The fraction of sp³-hybridized carbons (Fsp3) is 0.583. The Labute approximate surface area is 89.7 Å². The molecule has 2 atom stereocenters. The first kappa shape index (κ1) is 10.3. The maximum absolute atomic E-state index is 11.0. The summed E-state index contributed by atoms with van der Waals surface area (Å²) in [5.41, 5.74) is 0.425. The molecule has 0 aliphatic heterocycles. The molecule has 1 N–H and O–H groups in total. The number of hydrogen-bond acceptors (Lipinski definition) is 1. The molecule has 2 rings (SSSR count). The minimum absolute atomic E-state index is 0.384. The number of aromatic carboxylic acids is 1. The van der Waals surface area contributed by atoms with Gasteiger partial charge in [0.25, 0.3) is 0 Å². The monoisotopic (exact) mass is 207 g/mol. The highest BCUT2D eigenvalue weighted by molar-refractivity contribution is 5.85. The molecule has 0 bridgehead atoms. The number of carboxylic acids is 1. The van der Waals surface area contributed by atoms with Crippen molar-refractivity contribution in [2.45, 2.75) is 38.6 Å². The summed E-state index contributed by atoms with van der Waals surface area (Å²) in [7, 11) is 0. The Kier molecular flexibility index (Phi) is 2.80. The fourth-order valence-corrected chi connectivity index (χ4v) is 2.55. The van der Waals surface area contributed by atoms with E-state index in [4.69, 9.17) is 5.11 Å². The number of hydrogen-bond donors (Lipinski definition) is 1. The van der Waals surface area contributed by atoms with E-state index in [-0.39, 0.29) is 0 Å². The van der Waals surface area contributed by atoms with Crippen LogP contribution in [0.1, 0.15) is 49.1 Å².